The van der Waals surface area contributed by atoms with Crippen LogP contribution in [0.15, 0.2) is 18.6 Å². The SMILES string of the molecule is CC(C)C(O)c1cc(C(=O)c2cncnc2N[C@@H]2C[C@H](COS(N)(=O)=O)[C@@H](O)C2)sc1Cl. The molecule has 2 aromatic rings. The predicted molar refractivity (Wildman–Crippen MR) is 120 cm³/mol. The van der Waals surface area contributed by atoms with Gasteiger partial charge in [-0.2, -0.15) is 8.42 Å². The van der Waals surface area contributed by atoms with Crippen LogP contribution in [0.4, 0.5) is 5.82 Å². The van der Waals surface area contributed by atoms with Gasteiger partial charge in [0, 0.05) is 23.7 Å². The van der Waals surface area contributed by atoms with E-state index in [4.69, 9.17) is 16.7 Å². The summed E-state index contributed by atoms with van der Waals surface area (Å²) in [6, 6.07) is 1.31. The van der Waals surface area contributed by atoms with E-state index in [-0.39, 0.29) is 35.7 Å². The quantitative estimate of drug-likeness (QED) is 0.373. The largest absolute Gasteiger partial charge is 0.393 e. The molecule has 4 atom stereocenters. The molecule has 1 unspecified atom stereocenters. The molecule has 0 amide bonds. The van der Waals surface area contributed by atoms with E-state index in [1.807, 2.05) is 13.8 Å². The summed E-state index contributed by atoms with van der Waals surface area (Å²) in [6.45, 7) is 3.47. The number of anilines is 1. The molecule has 0 bridgehead atoms. The Morgan fingerprint density at radius 2 is 2.16 bits per heavy atom. The van der Waals surface area contributed by atoms with Gasteiger partial charge in [0.1, 0.15) is 12.1 Å². The normalized spacial score (nSPS) is 22.3. The number of hydrogen-bond donors (Lipinski definition) is 4. The maximum atomic E-state index is 13.1. The predicted octanol–water partition coefficient (Wildman–Crippen LogP) is 1.88. The zero-order chi connectivity index (χ0) is 23.6. The molecule has 3 rings (SSSR count). The number of ketones is 1. The van der Waals surface area contributed by atoms with Crippen LogP contribution in [0.1, 0.15) is 53.6 Å². The first kappa shape index (κ1) is 25.0. The Bertz CT molecular complexity index is 1080. The van der Waals surface area contributed by atoms with Crippen molar-refractivity contribution in [3.05, 3.63) is 38.9 Å². The van der Waals surface area contributed by atoms with Crippen molar-refractivity contribution in [2.75, 3.05) is 11.9 Å². The number of rotatable bonds is 9. The van der Waals surface area contributed by atoms with Crippen LogP contribution in [0.2, 0.25) is 4.34 Å². The molecular weight excluding hydrogens is 480 g/mol. The van der Waals surface area contributed by atoms with E-state index in [1.54, 1.807) is 6.07 Å². The number of aliphatic hydroxyl groups is 2. The van der Waals surface area contributed by atoms with Gasteiger partial charge in [0.05, 0.1) is 33.6 Å². The fourth-order valence-electron chi connectivity index (χ4n) is 3.57. The summed E-state index contributed by atoms with van der Waals surface area (Å²) < 4.78 is 27.0. The Labute approximate surface area is 195 Å². The molecule has 0 spiro atoms. The van der Waals surface area contributed by atoms with Crippen molar-refractivity contribution in [1.82, 2.24) is 9.97 Å². The van der Waals surface area contributed by atoms with Gasteiger partial charge in [0.2, 0.25) is 5.78 Å². The van der Waals surface area contributed by atoms with E-state index in [9.17, 15) is 23.4 Å². The summed E-state index contributed by atoms with van der Waals surface area (Å²) in [6.07, 6.45) is 1.79. The van der Waals surface area contributed by atoms with Crippen LogP contribution >= 0.6 is 22.9 Å². The number of aromatic nitrogens is 2. The van der Waals surface area contributed by atoms with E-state index in [0.29, 0.717) is 27.6 Å². The lowest BCUT2D eigenvalue weighted by Gasteiger charge is -2.15. The van der Waals surface area contributed by atoms with Gasteiger partial charge in [-0.15, -0.1) is 11.3 Å². The molecule has 10 nitrogen and oxygen atoms in total. The number of aliphatic hydroxyl groups excluding tert-OH is 2. The molecule has 0 aliphatic heterocycles. The average molecular weight is 505 g/mol. The van der Waals surface area contributed by atoms with Gasteiger partial charge in [-0.25, -0.2) is 15.1 Å². The number of halogens is 1. The van der Waals surface area contributed by atoms with Crippen molar-refractivity contribution >= 4 is 44.8 Å². The van der Waals surface area contributed by atoms with Crippen LogP contribution in [-0.2, 0) is 14.5 Å². The van der Waals surface area contributed by atoms with Crippen LogP contribution in [-0.4, -0.2) is 53.1 Å². The Morgan fingerprint density at radius 1 is 1.44 bits per heavy atom. The zero-order valence-electron chi connectivity index (χ0n) is 17.4. The van der Waals surface area contributed by atoms with Crippen molar-refractivity contribution in [3.8, 4) is 0 Å². The first-order valence-corrected chi connectivity index (χ1v) is 12.6. The molecule has 176 valence electrons. The molecule has 0 saturated heterocycles. The van der Waals surface area contributed by atoms with Crippen LogP contribution in [0.5, 0.6) is 0 Å². The Balaban J connectivity index is 1.76. The van der Waals surface area contributed by atoms with Gasteiger partial charge < -0.3 is 15.5 Å². The number of nitrogens with two attached hydrogens (primary N) is 1. The maximum absolute atomic E-state index is 13.1. The molecular formula is C19H25ClN4O6S2. The summed E-state index contributed by atoms with van der Waals surface area (Å²) in [5.41, 5.74) is 0.715. The molecule has 0 radical (unpaired) electrons. The van der Waals surface area contributed by atoms with Crippen molar-refractivity contribution in [2.45, 2.75) is 44.9 Å². The van der Waals surface area contributed by atoms with E-state index < -0.39 is 28.4 Å². The Morgan fingerprint density at radius 3 is 2.81 bits per heavy atom. The molecule has 1 aliphatic rings. The average Bonchev–Trinajstić information content (AvgIpc) is 3.27. The lowest BCUT2D eigenvalue weighted by atomic mass is 10.0. The molecule has 13 heteroatoms. The van der Waals surface area contributed by atoms with Gasteiger partial charge >= 0.3 is 10.3 Å². The number of carbonyl (C=O) groups excluding carboxylic acids is 1. The fourth-order valence-corrected chi connectivity index (χ4v) is 5.23. The third kappa shape index (κ3) is 6.01. The minimum Gasteiger partial charge on any atom is -0.393 e. The Kier molecular flexibility index (Phi) is 7.86. The van der Waals surface area contributed by atoms with Gasteiger partial charge in [-0.05, 0) is 24.8 Å². The highest BCUT2D eigenvalue weighted by Crippen LogP contribution is 2.37. The summed E-state index contributed by atoms with van der Waals surface area (Å²) in [7, 11) is -4.10. The lowest BCUT2D eigenvalue weighted by molar-refractivity contribution is 0.101. The second kappa shape index (κ2) is 10.1. The van der Waals surface area contributed by atoms with Gasteiger partial charge in [-0.1, -0.05) is 25.4 Å². The Hall–Kier alpha value is -1.67. The fraction of sp³-hybridized carbons (Fsp3) is 0.526. The maximum Gasteiger partial charge on any atom is 0.333 e. The summed E-state index contributed by atoms with van der Waals surface area (Å²) in [5, 5.41) is 28.5. The minimum absolute atomic E-state index is 0.0673. The van der Waals surface area contributed by atoms with E-state index in [2.05, 4.69) is 19.5 Å². The molecule has 0 aromatic carbocycles. The summed E-state index contributed by atoms with van der Waals surface area (Å²) in [5.74, 6) is -0.578. The highest BCUT2D eigenvalue weighted by Gasteiger charge is 2.35. The number of carbonyl (C=O) groups is 1. The smallest absolute Gasteiger partial charge is 0.333 e. The number of hydrogen-bond acceptors (Lipinski definition) is 10. The third-order valence-corrected chi connectivity index (χ3v) is 7.14. The minimum atomic E-state index is -4.10. The second-order valence-corrected chi connectivity index (χ2v) is 10.9. The lowest BCUT2D eigenvalue weighted by Crippen LogP contribution is -2.24. The van der Waals surface area contributed by atoms with E-state index in [0.717, 1.165) is 11.3 Å². The molecule has 1 saturated carbocycles. The van der Waals surface area contributed by atoms with Gasteiger partial charge in [-0.3, -0.25) is 8.98 Å². The van der Waals surface area contributed by atoms with Crippen LogP contribution in [0.25, 0.3) is 0 Å². The highest BCUT2D eigenvalue weighted by molar-refractivity contribution is 7.84. The van der Waals surface area contributed by atoms with Crippen LogP contribution < -0.4 is 10.5 Å². The van der Waals surface area contributed by atoms with Gasteiger partial charge in [0.25, 0.3) is 0 Å². The summed E-state index contributed by atoms with van der Waals surface area (Å²) >= 11 is 7.33. The van der Waals surface area contributed by atoms with Crippen molar-refractivity contribution in [2.24, 2.45) is 17.0 Å². The molecule has 1 fully saturated rings. The molecule has 1 aliphatic carbocycles. The summed E-state index contributed by atoms with van der Waals surface area (Å²) in [4.78, 5) is 21.6. The zero-order valence-corrected chi connectivity index (χ0v) is 19.8. The van der Waals surface area contributed by atoms with Crippen molar-refractivity contribution < 1.29 is 27.6 Å². The number of nitrogens with one attached hydrogen (secondary N) is 1. The molecule has 2 aromatic heterocycles. The standard InChI is InChI=1S/C19H25ClN4O6S2/c1-9(2)16(26)12-5-15(31-18(12)20)17(27)13-6-22-8-23-19(13)24-11-3-10(14(25)4-11)7-30-32(21,28)29/h5-6,8-11,14,16,25-26H,3-4,7H2,1-2H3,(H2,21,28,29)(H,22,23,24)/t10-,11-,14+,16?/m1/s1. The second-order valence-electron chi connectivity index (χ2n) is 8.06. The molecule has 32 heavy (non-hydrogen) atoms. The number of nitrogens with zero attached hydrogens (tertiary/aromatic N) is 2. The monoisotopic (exact) mass is 504 g/mol. The molecule has 2 heterocycles. The number of thiophene rings is 1. The van der Waals surface area contributed by atoms with Crippen LogP contribution in [0, 0.1) is 11.8 Å². The molecule has 5 N–H and O–H groups in total. The van der Waals surface area contributed by atoms with Crippen molar-refractivity contribution in [1.29, 1.82) is 0 Å². The van der Waals surface area contributed by atoms with E-state index in [1.165, 1.54) is 12.5 Å². The van der Waals surface area contributed by atoms with Gasteiger partial charge in [0.15, 0.2) is 0 Å². The topological polar surface area (TPSA) is 165 Å². The highest BCUT2D eigenvalue weighted by atomic mass is 35.5. The first-order chi connectivity index (χ1) is 15.0. The third-order valence-electron chi connectivity index (χ3n) is 5.29. The van der Waals surface area contributed by atoms with E-state index >= 15 is 0 Å². The van der Waals surface area contributed by atoms with Crippen LogP contribution in [0.3, 0.4) is 0 Å². The van der Waals surface area contributed by atoms with Crippen molar-refractivity contribution in [3.63, 3.8) is 0 Å². The first-order valence-electron chi connectivity index (χ1n) is 9.90.